The molecule has 5 heterocycles. The molecule has 1 radical (unpaired) electrons. The number of nitrogens with zero attached hydrogens (tertiary/aromatic N) is 4. The van der Waals surface area contributed by atoms with Crippen molar-refractivity contribution >= 4 is 62.4 Å². The van der Waals surface area contributed by atoms with Crippen LogP contribution in [0.3, 0.4) is 0 Å². The maximum atomic E-state index is 11.5. The number of rotatable bonds is 8. The molecular formula is C34H32Cl3Fe2N4O4. The molecule has 3 aromatic rings. The van der Waals surface area contributed by atoms with Crippen LogP contribution in [0.4, 0.5) is 0 Å². The molecule has 0 saturated heterocycles. The minimum Gasteiger partial charge on any atom is -1.00 e. The van der Waals surface area contributed by atoms with Crippen molar-refractivity contribution in [2.45, 2.75) is 53.4 Å². The standard InChI is InChI=1S/C34H34N4O4.3ClH.2Fe/c1-7-21-17(3)25-13-26-19(5)23(9-11-33(39)40)31(37-26)16-32-24(10-12-34(41)42)20(6)28(38-32)15-30-22(8-2)18(4)27(36-30)14-29(21)35-25;;;;;/h7-8,13-16H,1-2,9-12H2,3-6H3,(H4,35,36,37,38,39,40,41,42);3*1H;;/q;;;;+2;+3/p-5. The molecule has 13 heteroatoms. The van der Waals surface area contributed by atoms with Gasteiger partial charge >= 0.3 is 46.1 Å². The Bertz CT molecular complexity index is 1940. The van der Waals surface area contributed by atoms with Gasteiger partial charge in [0.15, 0.2) is 0 Å². The zero-order valence-electron chi connectivity index (χ0n) is 26.0. The Hall–Kier alpha value is -3.07. The quantitative estimate of drug-likeness (QED) is 0.246. The molecule has 47 heavy (non-hydrogen) atoms. The van der Waals surface area contributed by atoms with Crippen LogP contribution in [0.1, 0.15) is 78.1 Å². The minimum atomic E-state index is -0.898. The van der Waals surface area contributed by atoms with Gasteiger partial charge in [-0.2, -0.15) is 0 Å². The van der Waals surface area contributed by atoms with Gasteiger partial charge in [0.25, 0.3) is 0 Å². The van der Waals surface area contributed by atoms with Gasteiger partial charge in [-0.05, 0) is 62.8 Å². The molecule has 2 aliphatic heterocycles. The van der Waals surface area contributed by atoms with Gasteiger partial charge in [-0.15, -0.1) is 22.1 Å². The van der Waals surface area contributed by atoms with Crippen molar-refractivity contribution < 1.29 is 91.2 Å². The molecule has 3 aromatic heterocycles. The summed E-state index contributed by atoms with van der Waals surface area (Å²) in [5, 5.41) is 18.9. The summed E-state index contributed by atoms with van der Waals surface area (Å²) in [5.74, 6) is -1.80. The molecule has 0 saturated carbocycles. The van der Waals surface area contributed by atoms with E-state index in [1.54, 1.807) is 12.2 Å². The number of carbonyl (C=O) groups is 2. The van der Waals surface area contributed by atoms with Gasteiger partial charge in [-0.1, -0.05) is 66.3 Å². The van der Waals surface area contributed by atoms with E-state index in [4.69, 9.17) is 19.9 Å². The molecular weight excluding hydrogens is 746 g/mol. The Labute approximate surface area is 313 Å². The molecule has 0 spiro atoms. The van der Waals surface area contributed by atoms with Gasteiger partial charge in [-0.3, -0.25) is 9.59 Å². The van der Waals surface area contributed by atoms with Gasteiger partial charge < -0.3 is 57.4 Å². The fraction of sp³-hybridized carbons (Fsp3) is 0.235. The predicted molar refractivity (Wildman–Crippen MR) is 167 cm³/mol. The summed E-state index contributed by atoms with van der Waals surface area (Å²) in [6, 6.07) is 7.62. The molecule has 0 aromatic carbocycles. The van der Waals surface area contributed by atoms with E-state index in [1.165, 1.54) is 0 Å². The summed E-state index contributed by atoms with van der Waals surface area (Å²) in [4.78, 5) is 42.7. The average Bonchev–Trinajstić information content (AvgIpc) is 3.59. The van der Waals surface area contributed by atoms with E-state index in [-0.39, 0.29) is 84.2 Å². The number of aromatic nitrogens is 4. The monoisotopic (exact) mass is 777 g/mol. The number of allylic oxidation sites excluding steroid dienone is 5. The van der Waals surface area contributed by atoms with Crippen molar-refractivity contribution in [1.82, 2.24) is 19.9 Å². The first-order chi connectivity index (χ1) is 20.0. The van der Waals surface area contributed by atoms with Crippen LogP contribution in [0.25, 0.3) is 50.4 Å². The summed E-state index contributed by atoms with van der Waals surface area (Å²) in [6.07, 6.45) is 4.06. The SMILES string of the molecule is C=CC1=C(C)c2cc3[n-]c(cc4nc(cc5[n-]c(cc1n2)c(C)c5C=C)C(C)=C4CCC(=O)O)c(CCC(=O)O)c3C.[Cl-].[Cl-].[Cl-].[Fe+2].[Fe+3]. The van der Waals surface area contributed by atoms with Crippen molar-refractivity contribution in [3.05, 3.63) is 88.5 Å². The van der Waals surface area contributed by atoms with Gasteiger partial charge in [0.05, 0.1) is 22.8 Å². The van der Waals surface area contributed by atoms with Crippen LogP contribution in [0.2, 0.25) is 0 Å². The number of aliphatic carboxylic acids is 2. The maximum absolute atomic E-state index is 11.5. The van der Waals surface area contributed by atoms with Gasteiger partial charge in [0.1, 0.15) is 0 Å². The Morgan fingerprint density at radius 3 is 1.79 bits per heavy atom. The van der Waals surface area contributed by atoms with Crippen LogP contribution in [-0.4, -0.2) is 32.1 Å². The number of hydrogen-bond acceptors (Lipinski definition) is 4. The average molecular weight is 779 g/mol. The Morgan fingerprint density at radius 2 is 1.19 bits per heavy atom. The second-order valence-electron chi connectivity index (χ2n) is 10.6. The van der Waals surface area contributed by atoms with Crippen LogP contribution < -0.4 is 47.2 Å². The first-order valence-corrected chi connectivity index (χ1v) is 13.8. The summed E-state index contributed by atoms with van der Waals surface area (Å²) >= 11 is 0. The van der Waals surface area contributed by atoms with E-state index < -0.39 is 11.9 Å². The summed E-state index contributed by atoms with van der Waals surface area (Å²) in [5.41, 5.74) is 12.6. The van der Waals surface area contributed by atoms with Crippen molar-refractivity contribution in [3.63, 3.8) is 0 Å². The zero-order valence-corrected chi connectivity index (χ0v) is 30.5. The van der Waals surface area contributed by atoms with Gasteiger partial charge in [-0.25, -0.2) is 9.97 Å². The molecule has 8 nitrogen and oxygen atoms in total. The minimum absolute atomic E-state index is 0. The fourth-order valence-corrected chi connectivity index (χ4v) is 5.61. The molecule has 0 fully saturated rings. The third-order valence-electron chi connectivity index (χ3n) is 8.06. The molecule has 0 unspecified atom stereocenters. The number of aryl methyl sites for hydroxylation is 3. The Morgan fingerprint density at radius 1 is 0.702 bits per heavy atom. The molecule has 8 bridgehead atoms. The summed E-state index contributed by atoms with van der Waals surface area (Å²) < 4.78 is 0. The van der Waals surface area contributed by atoms with Gasteiger partial charge in [0, 0.05) is 18.4 Å². The second-order valence-corrected chi connectivity index (χ2v) is 10.6. The van der Waals surface area contributed by atoms with E-state index in [0.717, 1.165) is 61.5 Å². The van der Waals surface area contributed by atoms with Crippen molar-refractivity contribution in [1.29, 1.82) is 0 Å². The topological polar surface area (TPSA) is 129 Å². The first kappa shape index (κ1) is 43.9. The Balaban J connectivity index is 0.00000423. The smallest absolute Gasteiger partial charge is 1.00 e. The zero-order chi connectivity index (χ0) is 30.3. The molecule has 5 rings (SSSR count). The van der Waals surface area contributed by atoms with Crippen LogP contribution in [0, 0.1) is 13.8 Å². The number of halogens is 3. The maximum Gasteiger partial charge on any atom is 3.00 e. The normalized spacial score (nSPS) is 11.7. The van der Waals surface area contributed by atoms with Crippen LogP contribution in [-0.2, 0) is 50.1 Å². The fourth-order valence-electron chi connectivity index (χ4n) is 5.61. The molecule has 0 aliphatic carbocycles. The molecule has 0 atom stereocenters. The van der Waals surface area contributed by atoms with Crippen molar-refractivity contribution in [2.75, 3.05) is 0 Å². The molecule has 2 N–H and O–H groups in total. The van der Waals surface area contributed by atoms with Crippen molar-refractivity contribution in [3.8, 4) is 0 Å². The molecule has 249 valence electrons. The molecule has 2 aliphatic rings. The van der Waals surface area contributed by atoms with E-state index in [9.17, 15) is 19.8 Å². The second kappa shape index (κ2) is 17.9. The Kier molecular flexibility index (Phi) is 16.7. The predicted octanol–water partition coefficient (Wildman–Crippen LogP) is -2.23. The largest absolute Gasteiger partial charge is 3.00 e. The third-order valence-corrected chi connectivity index (χ3v) is 8.06. The van der Waals surface area contributed by atoms with E-state index >= 15 is 0 Å². The van der Waals surface area contributed by atoms with E-state index in [0.29, 0.717) is 40.8 Å². The van der Waals surface area contributed by atoms with Crippen LogP contribution in [0.5, 0.6) is 0 Å². The van der Waals surface area contributed by atoms with E-state index in [1.807, 2.05) is 52.0 Å². The summed E-state index contributed by atoms with van der Waals surface area (Å²) in [6.45, 7) is 15.9. The number of fused-ring (bicyclic) bond motifs is 8. The number of carboxylic acid groups (broad SMARTS) is 2. The molecule has 0 amide bonds. The summed E-state index contributed by atoms with van der Waals surface area (Å²) in [7, 11) is 0. The van der Waals surface area contributed by atoms with Crippen LogP contribution in [0.15, 0.2) is 43.5 Å². The van der Waals surface area contributed by atoms with E-state index in [2.05, 4.69) is 13.2 Å². The first-order valence-electron chi connectivity index (χ1n) is 13.8. The van der Waals surface area contributed by atoms with Crippen LogP contribution >= 0.6 is 0 Å². The number of hydrogen-bond donors (Lipinski definition) is 2. The van der Waals surface area contributed by atoms with Crippen molar-refractivity contribution in [2.24, 2.45) is 0 Å². The van der Waals surface area contributed by atoms with Gasteiger partial charge in [0.2, 0.25) is 0 Å². The third kappa shape index (κ3) is 8.70. The number of carboxylic acids is 2.